The number of methoxy groups -OCH3 is 2. The highest BCUT2D eigenvalue weighted by Gasteiger charge is 2.18. The quantitative estimate of drug-likeness (QED) is 0.538. The first-order valence-corrected chi connectivity index (χ1v) is 9.41. The molecule has 0 saturated heterocycles. The lowest BCUT2D eigenvalue weighted by Gasteiger charge is -2.10. The van der Waals surface area contributed by atoms with Crippen molar-refractivity contribution < 1.29 is 27.6 Å². The number of sulfone groups is 1. The number of hydrogen-bond acceptors (Lipinski definition) is 7. The van der Waals surface area contributed by atoms with Gasteiger partial charge >= 0.3 is 0 Å². The number of amides is 1. The van der Waals surface area contributed by atoms with Gasteiger partial charge in [-0.15, -0.1) is 0 Å². The van der Waals surface area contributed by atoms with Crippen LogP contribution in [0.4, 0.5) is 11.4 Å². The number of hydrogen-bond donors (Lipinski definition) is 1. The second-order valence-corrected chi connectivity index (χ2v) is 7.54. The molecule has 0 radical (unpaired) electrons. The first-order chi connectivity index (χ1) is 12.8. The fourth-order valence-corrected chi connectivity index (χ4v) is 3.48. The van der Waals surface area contributed by atoms with Crippen molar-refractivity contribution in [3.63, 3.8) is 0 Å². The third-order valence-electron chi connectivity index (χ3n) is 3.69. The summed E-state index contributed by atoms with van der Waals surface area (Å²) in [7, 11) is -0.862. The fraction of sp³-hybridized carbons (Fsp3) is 0.235. The van der Waals surface area contributed by atoms with E-state index in [1.807, 2.05) is 0 Å². The molecule has 2 aromatic rings. The molecule has 2 rings (SSSR count). The summed E-state index contributed by atoms with van der Waals surface area (Å²) in [6.07, 6.45) is -0.283. The molecule has 0 aliphatic rings. The number of nitrogens with one attached hydrogen (secondary N) is 1. The number of nitro groups is 1. The Morgan fingerprint density at radius 2 is 1.78 bits per heavy atom. The van der Waals surface area contributed by atoms with Crippen LogP contribution in [0.2, 0.25) is 0 Å². The lowest BCUT2D eigenvalue weighted by Crippen LogP contribution is -2.18. The third kappa shape index (κ3) is 5.17. The van der Waals surface area contributed by atoms with Gasteiger partial charge in [-0.2, -0.15) is 0 Å². The summed E-state index contributed by atoms with van der Waals surface area (Å²) in [6.45, 7) is 0. The molecule has 0 aromatic heterocycles. The molecule has 27 heavy (non-hydrogen) atoms. The number of non-ortho nitro benzene ring substituents is 1. The molecule has 0 aliphatic heterocycles. The maximum absolute atomic E-state index is 12.3. The van der Waals surface area contributed by atoms with Gasteiger partial charge in [0.1, 0.15) is 11.5 Å². The molecule has 0 atom stereocenters. The molecule has 0 aliphatic carbocycles. The Morgan fingerprint density at radius 1 is 1.11 bits per heavy atom. The van der Waals surface area contributed by atoms with Crippen LogP contribution < -0.4 is 14.8 Å². The summed E-state index contributed by atoms with van der Waals surface area (Å²) < 4.78 is 34.6. The van der Waals surface area contributed by atoms with E-state index in [0.29, 0.717) is 5.75 Å². The average Bonchev–Trinajstić information content (AvgIpc) is 2.66. The zero-order valence-corrected chi connectivity index (χ0v) is 15.5. The molecular formula is C17H18N2O7S. The van der Waals surface area contributed by atoms with E-state index in [1.54, 1.807) is 0 Å². The smallest absolute Gasteiger partial charge is 0.273 e. The van der Waals surface area contributed by atoms with Gasteiger partial charge in [0.05, 0.1) is 41.5 Å². The summed E-state index contributed by atoms with van der Waals surface area (Å²) in [5, 5.41) is 13.3. The Labute approximate surface area is 156 Å². The van der Waals surface area contributed by atoms with Crippen molar-refractivity contribution in [3.8, 4) is 11.5 Å². The molecule has 9 nitrogen and oxygen atoms in total. The van der Waals surface area contributed by atoms with Crippen LogP contribution in [0, 0.1) is 10.1 Å². The van der Waals surface area contributed by atoms with E-state index >= 15 is 0 Å². The highest BCUT2D eigenvalue weighted by Crippen LogP contribution is 2.29. The van der Waals surface area contributed by atoms with Crippen molar-refractivity contribution in [2.45, 2.75) is 11.3 Å². The summed E-state index contributed by atoms with van der Waals surface area (Å²) in [6, 6.07) is 9.57. The summed E-state index contributed by atoms with van der Waals surface area (Å²) >= 11 is 0. The second-order valence-electron chi connectivity index (χ2n) is 5.43. The fourth-order valence-electron chi connectivity index (χ4n) is 2.24. The Kier molecular flexibility index (Phi) is 6.35. The summed E-state index contributed by atoms with van der Waals surface area (Å²) in [5.41, 5.74) is 0.0295. The normalized spacial score (nSPS) is 10.9. The zero-order valence-electron chi connectivity index (χ0n) is 14.7. The van der Waals surface area contributed by atoms with Crippen molar-refractivity contribution in [2.75, 3.05) is 25.3 Å². The second kappa shape index (κ2) is 8.49. The maximum Gasteiger partial charge on any atom is 0.273 e. The van der Waals surface area contributed by atoms with E-state index in [0.717, 1.165) is 0 Å². The molecule has 2 aromatic carbocycles. The zero-order chi connectivity index (χ0) is 20.0. The van der Waals surface area contributed by atoms with Crippen molar-refractivity contribution in [1.29, 1.82) is 0 Å². The van der Waals surface area contributed by atoms with E-state index in [2.05, 4.69) is 5.32 Å². The molecule has 144 valence electrons. The molecule has 0 spiro atoms. The third-order valence-corrected chi connectivity index (χ3v) is 5.42. The molecule has 0 bridgehead atoms. The first-order valence-electron chi connectivity index (χ1n) is 7.76. The highest BCUT2D eigenvalue weighted by molar-refractivity contribution is 7.91. The van der Waals surface area contributed by atoms with Crippen LogP contribution in [0.5, 0.6) is 11.5 Å². The summed E-state index contributed by atoms with van der Waals surface area (Å²) in [5.74, 6) is -0.313. The Hall–Kier alpha value is -3.14. The van der Waals surface area contributed by atoms with Gasteiger partial charge in [0.15, 0.2) is 9.84 Å². The van der Waals surface area contributed by atoms with E-state index < -0.39 is 20.7 Å². The van der Waals surface area contributed by atoms with E-state index in [9.17, 15) is 23.3 Å². The number of nitrogens with zero attached hydrogens (tertiary/aromatic N) is 1. The van der Waals surface area contributed by atoms with E-state index in [4.69, 9.17) is 9.47 Å². The van der Waals surface area contributed by atoms with Crippen molar-refractivity contribution >= 4 is 27.1 Å². The number of nitro benzene ring substituents is 1. The van der Waals surface area contributed by atoms with Gasteiger partial charge in [-0.3, -0.25) is 14.9 Å². The maximum atomic E-state index is 12.3. The molecule has 1 amide bonds. The van der Waals surface area contributed by atoms with Crippen LogP contribution in [-0.4, -0.2) is 39.2 Å². The number of anilines is 1. The van der Waals surface area contributed by atoms with E-state index in [-0.39, 0.29) is 34.2 Å². The van der Waals surface area contributed by atoms with Crippen molar-refractivity contribution in [3.05, 3.63) is 52.6 Å². The first kappa shape index (κ1) is 20.2. The van der Waals surface area contributed by atoms with Crippen LogP contribution >= 0.6 is 0 Å². The molecular weight excluding hydrogens is 376 g/mol. The van der Waals surface area contributed by atoms with Crippen LogP contribution in [-0.2, 0) is 14.6 Å². The van der Waals surface area contributed by atoms with Crippen LogP contribution in [0.15, 0.2) is 47.4 Å². The molecule has 0 fully saturated rings. The lowest BCUT2D eigenvalue weighted by molar-refractivity contribution is -0.384. The number of benzene rings is 2. The number of carbonyl (C=O) groups is 1. The van der Waals surface area contributed by atoms with Gasteiger partial charge in [-0.25, -0.2) is 8.42 Å². The standard InChI is InChI=1S/C17H18N2O7S/c1-25-13-4-6-14(7-5-13)27(23,24)10-9-17(20)18-15-8-3-12(19(21)22)11-16(15)26-2/h3-8,11H,9-10H2,1-2H3,(H,18,20). The van der Waals surface area contributed by atoms with Crippen LogP contribution in [0.1, 0.15) is 6.42 Å². The Morgan fingerprint density at radius 3 is 2.33 bits per heavy atom. The predicted molar refractivity (Wildman–Crippen MR) is 97.9 cm³/mol. The van der Waals surface area contributed by atoms with Gasteiger partial charge in [0.25, 0.3) is 5.69 Å². The minimum atomic E-state index is -3.64. The molecule has 1 N–H and O–H groups in total. The largest absolute Gasteiger partial charge is 0.497 e. The monoisotopic (exact) mass is 394 g/mol. The van der Waals surface area contributed by atoms with Gasteiger partial charge in [0, 0.05) is 12.5 Å². The number of carbonyl (C=O) groups excluding carboxylic acids is 1. The minimum Gasteiger partial charge on any atom is -0.497 e. The van der Waals surface area contributed by atoms with Crippen LogP contribution in [0.25, 0.3) is 0 Å². The molecule has 0 unspecified atom stereocenters. The topological polar surface area (TPSA) is 125 Å². The Balaban J connectivity index is 2.04. The van der Waals surface area contributed by atoms with Crippen molar-refractivity contribution in [1.82, 2.24) is 0 Å². The van der Waals surface area contributed by atoms with Gasteiger partial charge in [-0.05, 0) is 30.3 Å². The molecule has 10 heteroatoms. The molecule has 0 saturated carbocycles. The molecule has 0 heterocycles. The average molecular weight is 394 g/mol. The van der Waals surface area contributed by atoms with Gasteiger partial charge in [-0.1, -0.05) is 0 Å². The van der Waals surface area contributed by atoms with E-state index in [1.165, 1.54) is 56.7 Å². The Bertz CT molecular complexity index is 940. The van der Waals surface area contributed by atoms with Crippen molar-refractivity contribution in [2.24, 2.45) is 0 Å². The minimum absolute atomic E-state index is 0.0871. The number of ether oxygens (including phenoxy) is 2. The van der Waals surface area contributed by atoms with Gasteiger partial charge in [0.2, 0.25) is 5.91 Å². The number of rotatable bonds is 8. The predicted octanol–water partition coefficient (Wildman–Crippen LogP) is 2.41. The van der Waals surface area contributed by atoms with Gasteiger partial charge < -0.3 is 14.8 Å². The SMILES string of the molecule is COc1ccc(S(=O)(=O)CCC(=O)Nc2ccc([N+](=O)[O-])cc2OC)cc1. The highest BCUT2D eigenvalue weighted by atomic mass is 32.2. The lowest BCUT2D eigenvalue weighted by atomic mass is 10.2. The summed E-state index contributed by atoms with van der Waals surface area (Å²) in [4.78, 5) is 22.4. The van der Waals surface area contributed by atoms with Crippen LogP contribution in [0.3, 0.4) is 0 Å².